The average molecular weight is 259 g/mol. The number of benzene rings is 1. The number of carbonyl (C=O) groups is 1. The molecule has 3 nitrogen and oxygen atoms in total. The molecule has 0 saturated carbocycles. The normalized spacial score (nSPS) is 13.6. The molecule has 0 heterocycles. The Morgan fingerprint density at radius 2 is 1.94 bits per heavy atom. The third kappa shape index (κ3) is 4.21. The van der Waals surface area contributed by atoms with Crippen LogP contribution in [0, 0.1) is 0 Å². The fraction of sp³-hybridized carbons (Fsp3) is 0.250. The van der Waals surface area contributed by atoms with E-state index in [1.807, 2.05) is 0 Å². The van der Waals surface area contributed by atoms with Crippen molar-refractivity contribution in [3.63, 3.8) is 0 Å². The summed E-state index contributed by atoms with van der Waals surface area (Å²) in [6, 6.07) is 8.14. The van der Waals surface area contributed by atoms with Gasteiger partial charge in [-0.3, -0.25) is 4.79 Å². The second kappa shape index (κ2) is 6.20. The summed E-state index contributed by atoms with van der Waals surface area (Å²) in [7, 11) is 0. The highest BCUT2D eigenvalue weighted by Crippen LogP contribution is 2.16. The molecule has 0 aliphatic carbocycles. The number of hydrogen-bond acceptors (Lipinski definition) is 3. The Labute approximate surface area is 102 Å². The first-order valence-electron chi connectivity index (χ1n) is 5.14. The fourth-order valence-corrected chi connectivity index (χ4v) is 1.27. The van der Waals surface area contributed by atoms with Gasteiger partial charge in [-0.05, 0) is 5.56 Å². The predicted molar refractivity (Wildman–Crippen MR) is 59.6 cm³/mol. The minimum Gasteiger partial charge on any atom is -0.394 e. The zero-order valence-corrected chi connectivity index (χ0v) is 9.32. The van der Waals surface area contributed by atoms with Crippen LogP contribution in [0.1, 0.15) is 11.6 Å². The van der Waals surface area contributed by atoms with Gasteiger partial charge >= 0.3 is 6.18 Å². The molecule has 0 bridgehead atoms. The Kier molecular flexibility index (Phi) is 4.91. The summed E-state index contributed by atoms with van der Waals surface area (Å²) in [5.74, 6) is -1.94. The van der Waals surface area contributed by atoms with Crippen LogP contribution in [0.2, 0.25) is 0 Å². The van der Waals surface area contributed by atoms with Crippen molar-refractivity contribution in [2.75, 3.05) is 6.61 Å². The van der Waals surface area contributed by atoms with Crippen molar-refractivity contribution in [2.24, 2.45) is 0 Å². The van der Waals surface area contributed by atoms with Crippen LogP contribution in [0.3, 0.4) is 0 Å². The number of rotatable bonds is 5. The molecule has 18 heavy (non-hydrogen) atoms. The molecule has 0 amide bonds. The van der Waals surface area contributed by atoms with Crippen molar-refractivity contribution in [1.29, 1.82) is 0 Å². The first-order chi connectivity index (χ1) is 8.45. The zero-order valence-electron chi connectivity index (χ0n) is 9.32. The lowest BCUT2D eigenvalue weighted by molar-refractivity contribution is -0.165. The second-order valence-corrected chi connectivity index (χ2v) is 3.51. The van der Waals surface area contributed by atoms with Crippen LogP contribution in [-0.2, 0) is 4.79 Å². The van der Waals surface area contributed by atoms with Crippen LogP contribution in [0.5, 0.6) is 0 Å². The van der Waals surface area contributed by atoms with Crippen LogP contribution >= 0.6 is 0 Å². The molecule has 98 valence electrons. The topological polar surface area (TPSA) is 49.3 Å². The number of alkyl halides is 3. The van der Waals surface area contributed by atoms with Gasteiger partial charge in [0.15, 0.2) is 0 Å². The van der Waals surface area contributed by atoms with Gasteiger partial charge in [-0.25, -0.2) is 0 Å². The molecule has 1 aromatic carbocycles. The Morgan fingerprint density at radius 1 is 1.33 bits per heavy atom. The predicted octanol–water partition coefficient (Wildman–Crippen LogP) is 1.95. The van der Waals surface area contributed by atoms with Gasteiger partial charge in [-0.2, -0.15) is 13.2 Å². The highest BCUT2D eigenvalue weighted by atomic mass is 19.4. The summed E-state index contributed by atoms with van der Waals surface area (Å²) in [6.45, 7) is -0.297. The van der Waals surface area contributed by atoms with Gasteiger partial charge in [-0.15, -0.1) is 0 Å². The van der Waals surface area contributed by atoms with E-state index in [1.54, 1.807) is 30.3 Å². The number of hydrogen-bond donors (Lipinski definition) is 2. The summed E-state index contributed by atoms with van der Waals surface area (Å²) in [4.78, 5) is 10.6. The summed E-state index contributed by atoms with van der Waals surface area (Å²) >= 11 is 0. The molecule has 6 heteroatoms. The van der Waals surface area contributed by atoms with E-state index in [2.05, 4.69) is 5.32 Å². The maximum absolute atomic E-state index is 11.9. The highest BCUT2D eigenvalue weighted by Gasteiger charge is 2.36. The van der Waals surface area contributed by atoms with Crippen molar-refractivity contribution in [3.8, 4) is 0 Å². The molecule has 1 rings (SSSR count). The summed E-state index contributed by atoms with van der Waals surface area (Å²) in [5, 5.41) is 11.6. The van der Waals surface area contributed by atoms with E-state index < -0.39 is 18.0 Å². The van der Waals surface area contributed by atoms with Crippen molar-refractivity contribution >= 4 is 5.78 Å². The molecule has 0 aliphatic rings. The number of halogens is 3. The maximum atomic E-state index is 11.9. The molecule has 1 atom stereocenters. The third-order valence-corrected chi connectivity index (χ3v) is 2.20. The Hall–Kier alpha value is -1.82. The van der Waals surface area contributed by atoms with E-state index in [1.165, 1.54) is 0 Å². The van der Waals surface area contributed by atoms with Gasteiger partial charge in [0.05, 0.1) is 12.6 Å². The van der Waals surface area contributed by atoms with Crippen molar-refractivity contribution < 1.29 is 23.1 Å². The van der Waals surface area contributed by atoms with Crippen LogP contribution in [0.25, 0.3) is 0 Å². The summed E-state index contributed by atoms with van der Waals surface area (Å²) in [5.41, 5.74) is 0.712. The number of carbonyl (C=O) groups excluding carboxylic acids is 1. The van der Waals surface area contributed by atoms with E-state index in [-0.39, 0.29) is 6.61 Å². The minimum atomic E-state index is -4.88. The van der Waals surface area contributed by atoms with Crippen LogP contribution < -0.4 is 5.32 Å². The quantitative estimate of drug-likeness (QED) is 0.795. The average Bonchev–Trinajstić information content (AvgIpc) is 2.34. The van der Waals surface area contributed by atoms with Gasteiger partial charge in [0.1, 0.15) is 0 Å². The largest absolute Gasteiger partial charge is 0.454 e. The molecule has 2 N–H and O–H groups in total. The third-order valence-electron chi connectivity index (χ3n) is 2.20. The number of aliphatic hydroxyl groups excluding tert-OH is 1. The van der Waals surface area contributed by atoms with Crippen LogP contribution in [0.4, 0.5) is 13.2 Å². The van der Waals surface area contributed by atoms with Gasteiger partial charge < -0.3 is 10.4 Å². The van der Waals surface area contributed by atoms with Crippen molar-refractivity contribution in [1.82, 2.24) is 5.32 Å². The van der Waals surface area contributed by atoms with Crippen molar-refractivity contribution in [3.05, 3.63) is 48.2 Å². The molecular weight excluding hydrogens is 247 g/mol. The summed E-state index contributed by atoms with van der Waals surface area (Å²) < 4.78 is 35.7. The molecule has 0 radical (unpaired) electrons. The number of allylic oxidation sites excluding steroid dienone is 1. The molecule has 0 saturated heterocycles. The molecule has 0 spiro atoms. The minimum absolute atomic E-state index is 0.297. The van der Waals surface area contributed by atoms with Gasteiger partial charge in [0.2, 0.25) is 0 Å². The van der Waals surface area contributed by atoms with Crippen LogP contribution in [-0.4, -0.2) is 23.7 Å². The van der Waals surface area contributed by atoms with Gasteiger partial charge in [0.25, 0.3) is 5.78 Å². The lowest BCUT2D eigenvalue weighted by atomic mass is 10.1. The van der Waals surface area contributed by atoms with E-state index in [0.29, 0.717) is 11.6 Å². The highest BCUT2D eigenvalue weighted by molar-refractivity contribution is 5.94. The zero-order chi connectivity index (χ0) is 13.6. The molecule has 1 unspecified atom stereocenters. The summed E-state index contributed by atoms with van der Waals surface area (Å²) in [6.07, 6.45) is -3.59. The lowest BCUT2D eigenvalue weighted by Crippen LogP contribution is -2.23. The first-order valence-corrected chi connectivity index (χ1v) is 5.14. The van der Waals surface area contributed by atoms with Gasteiger partial charge in [0, 0.05) is 12.3 Å². The SMILES string of the molecule is O=C(C=CNC(CO)c1ccccc1)C(F)(F)F. The monoisotopic (exact) mass is 259 g/mol. The van der Waals surface area contributed by atoms with E-state index >= 15 is 0 Å². The molecular formula is C12H12F3NO2. The smallest absolute Gasteiger partial charge is 0.394 e. The van der Waals surface area contributed by atoms with Crippen LogP contribution in [0.15, 0.2) is 42.6 Å². The standard InChI is InChI=1S/C12H12F3NO2/c13-12(14,15)11(18)6-7-16-10(8-17)9-4-2-1-3-5-9/h1-7,10,16-17H,8H2. The maximum Gasteiger partial charge on any atom is 0.454 e. The lowest BCUT2D eigenvalue weighted by Gasteiger charge is -2.14. The van der Waals surface area contributed by atoms with E-state index in [4.69, 9.17) is 5.11 Å². The van der Waals surface area contributed by atoms with Gasteiger partial charge in [-0.1, -0.05) is 30.3 Å². The molecule has 0 fully saturated rings. The Bertz CT molecular complexity index is 415. The molecule has 0 aliphatic heterocycles. The second-order valence-electron chi connectivity index (χ2n) is 3.51. The van der Waals surface area contributed by atoms with Crippen molar-refractivity contribution in [2.45, 2.75) is 12.2 Å². The Morgan fingerprint density at radius 3 is 2.44 bits per heavy atom. The number of ketones is 1. The molecule has 1 aromatic rings. The first kappa shape index (κ1) is 14.2. The number of nitrogens with one attached hydrogen (secondary N) is 1. The Balaban J connectivity index is 2.61. The van der Waals surface area contributed by atoms with E-state index in [9.17, 15) is 18.0 Å². The van der Waals surface area contributed by atoms with E-state index in [0.717, 1.165) is 6.20 Å². The fourth-order valence-electron chi connectivity index (χ4n) is 1.27. The number of aliphatic hydroxyl groups is 1. The molecule has 0 aromatic heterocycles.